The highest BCUT2D eigenvalue weighted by Crippen LogP contribution is 2.17. The fourth-order valence-corrected chi connectivity index (χ4v) is 2.48. The zero-order valence-corrected chi connectivity index (χ0v) is 11.7. The molecule has 0 saturated carbocycles. The molecule has 1 nitrogen and oxygen atoms in total. The lowest BCUT2D eigenvalue weighted by molar-refractivity contribution is -0.694. The van der Waals surface area contributed by atoms with Crippen molar-refractivity contribution in [3.05, 3.63) is 30.6 Å². The number of alkyl halides is 1. The molecule has 0 amide bonds. The van der Waals surface area contributed by atoms with Crippen LogP contribution in [0, 0.1) is 0 Å². The van der Waals surface area contributed by atoms with Gasteiger partial charge in [0.25, 0.3) is 0 Å². The second-order valence-corrected chi connectivity index (χ2v) is 5.40. The Kier molecular flexibility index (Phi) is 6.98. The molecule has 0 aliphatic rings. The molecule has 0 spiro atoms. The molecule has 1 aromatic heterocycles. The Bertz CT molecular complexity index is 248. The Morgan fingerprint density at radius 2 is 1.67 bits per heavy atom. The van der Waals surface area contributed by atoms with Gasteiger partial charge in [-0.25, -0.2) is 0 Å². The Labute approximate surface area is 107 Å². The lowest BCUT2D eigenvalue weighted by Crippen LogP contribution is -2.34. The van der Waals surface area contributed by atoms with Gasteiger partial charge in [0, 0.05) is 18.6 Å². The molecule has 1 unspecified atom stereocenters. The standard InChI is InChI=1S/C13H21IN/c1-2-3-4-5-7-10-13(14)15-11-8-6-9-12-15/h6,8-9,11-13H,2-5,7,10H2,1H3/q+1. The van der Waals surface area contributed by atoms with Gasteiger partial charge in [0.05, 0.1) is 0 Å². The molecule has 0 N–H and O–H groups in total. The topological polar surface area (TPSA) is 3.88 Å². The zero-order valence-electron chi connectivity index (χ0n) is 9.53. The highest BCUT2D eigenvalue weighted by Gasteiger charge is 2.11. The first-order valence-corrected chi connectivity index (χ1v) is 7.19. The lowest BCUT2D eigenvalue weighted by atomic mass is 10.1. The average molecular weight is 318 g/mol. The van der Waals surface area contributed by atoms with Gasteiger partial charge in [0.1, 0.15) is 0 Å². The molecule has 0 aliphatic carbocycles. The minimum Gasteiger partial charge on any atom is -0.193 e. The van der Waals surface area contributed by atoms with E-state index >= 15 is 0 Å². The van der Waals surface area contributed by atoms with Gasteiger partial charge >= 0.3 is 0 Å². The smallest absolute Gasteiger partial charge is 0.193 e. The number of rotatable bonds is 7. The summed E-state index contributed by atoms with van der Waals surface area (Å²) in [6.45, 7) is 2.26. The Morgan fingerprint density at radius 1 is 1.00 bits per heavy atom. The molecule has 0 fully saturated rings. The zero-order chi connectivity index (χ0) is 10.9. The summed E-state index contributed by atoms with van der Waals surface area (Å²) in [4.78, 5) is 0. The molecule has 0 aromatic carbocycles. The van der Waals surface area contributed by atoms with E-state index in [1.54, 1.807) is 0 Å². The fourth-order valence-electron chi connectivity index (χ4n) is 1.66. The van der Waals surface area contributed by atoms with Gasteiger partial charge in [0.2, 0.25) is 4.05 Å². The van der Waals surface area contributed by atoms with Gasteiger partial charge in [-0.2, -0.15) is 4.57 Å². The second kappa shape index (κ2) is 8.08. The number of hydrogen-bond donors (Lipinski definition) is 0. The monoisotopic (exact) mass is 318 g/mol. The predicted molar refractivity (Wildman–Crippen MR) is 73.1 cm³/mol. The first-order valence-electron chi connectivity index (χ1n) is 5.94. The van der Waals surface area contributed by atoms with E-state index in [4.69, 9.17) is 0 Å². The minimum absolute atomic E-state index is 0.616. The molecule has 1 aromatic rings. The average Bonchev–Trinajstić information content (AvgIpc) is 2.30. The van der Waals surface area contributed by atoms with Gasteiger partial charge in [-0.3, -0.25) is 0 Å². The molecule has 2 heteroatoms. The summed E-state index contributed by atoms with van der Waals surface area (Å²) in [5, 5.41) is 0. The molecular formula is C13H21IN+. The molecule has 0 radical (unpaired) electrons. The Morgan fingerprint density at radius 3 is 2.33 bits per heavy atom. The highest BCUT2D eigenvalue weighted by molar-refractivity contribution is 14.1. The van der Waals surface area contributed by atoms with Crippen LogP contribution < -0.4 is 4.57 Å². The van der Waals surface area contributed by atoms with Crippen molar-refractivity contribution in [2.45, 2.75) is 49.5 Å². The summed E-state index contributed by atoms with van der Waals surface area (Å²) in [5.74, 6) is 0. The van der Waals surface area contributed by atoms with Crippen LogP contribution in [-0.2, 0) is 0 Å². The van der Waals surface area contributed by atoms with Crippen molar-refractivity contribution in [2.75, 3.05) is 0 Å². The van der Waals surface area contributed by atoms with E-state index in [2.05, 4.69) is 64.7 Å². The molecule has 1 heterocycles. The molecule has 0 aliphatic heterocycles. The quantitative estimate of drug-likeness (QED) is 0.306. The molecule has 1 rings (SSSR count). The largest absolute Gasteiger partial charge is 0.207 e. The Balaban J connectivity index is 2.16. The van der Waals surface area contributed by atoms with Crippen molar-refractivity contribution >= 4 is 22.6 Å². The third kappa shape index (κ3) is 5.50. The van der Waals surface area contributed by atoms with Crippen LogP contribution in [-0.4, -0.2) is 0 Å². The SMILES string of the molecule is CCCCCCCC(I)[n+]1ccccc1. The van der Waals surface area contributed by atoms with Crippen LogP contribution in [0.1, 0.15) is 49.5 Å². The maximum Gasteiger partial charge on any atom is 0.207 e. The number of aromatic nitrogens is 1. The first-order chi connectivity index (χ1) is 7.34. The van der Waals surface area contributed by atoms with Crippen LogP contribution in [0.15, 0.2) is 30.6 Å². The van der Waals surface area contributed by atoms with E-state index in [0.29, 0.717) is 4.05 Å². The van der Waals surface area contributed by atoms with E-state index < -0.39 is 0 Å². The molecule has 1 atom stereocenters. The molecule has 0 saturated heterocycles. The summed E-state index contributed by atoms with van der Waals surface area (Å²) in [6.07, 6.45) is 12.5. The van der Waals surface area contributed by atoms with E-state index in [0.717, 1.165) is 0 Å². The number of unbranched alkanes of at least 4 members (excludes halogenated alkanes) is 4. The summed E-state index contributed by atoms with van der Waals surface area (Å²) < 4.78 is 2.91. The molecule has 0 bridgehead atoms. The molecule has 84 valence electrons. The van der Waals surface area contributed by atoms with Crippen LogP contribution in [0.4, 0.5) is 0 Å². The highest BCUT2D eigenvalue weighted by atomic mass is 127. The van der Waals surface area contributed by atoms with Crippen LogP contribution in [0.25, 0.3) is 0 Å². The normalized spacial score (nSPS) is 12.7. The minimum atomic E-state index is 0.616. The third-order valence-electron chi connectivity index (χ3n) is 2.61. The van der Waals surface area contributed by atoms with Crippen LogP contribution in [0.3, 0.4) is 0 Å². The van der Waals surface area contributed by atoms with E-state index in [-0.39, 0.29) is 0 Å². The van der Waals surface area contributed by atoms with Crippen LogP contribution in [0.5, 0.6) is 0 Å². The summed E-state index contributed by atoms with van der Waals surface area (Å²) >= 11 is 2.53. The second-order valence-electron chi connectivity index (χ2n) is 3.96. The molecule has 15 heavy (non-hydrogen) atoms. The number of pyridine rings is 1. The van der Waals surface area contributed by atoms with Crippen molar-refractivity contribution in [3.8, 4) is 0 Å². The van der Waals surface area contributed by atoms with E-state index in [1.807, 2.05) is 0 Å². The van der Waals surface area contributed by atoms with Crippen molar-refractivity contribution in [1.29, 1.82) is 0 Å². The van der Waals surface area contributed by atoms with Crippen LogP contribution in [0.2, 0.25) is 0 Å². The van der Waals surface area contributed by atoms with E-state index in [1.165, 1.54) is 38.5 Å². The van der Waals surface area contributed by atoms with Crippen molar-refractivity contribution < 1.29 is 4.57 Å². The number of halogens is 1. The van der Waals surface area contributed by atoms with Crippen molar-refractivity contribution in [1.82, 2.24) is 0 Å². The maximum absolute atomic E-state index is 2.53. The van der Waals surface area contributed by atoms with Crippen LogP contribution >= 0.6 is 22.6 Å². The summed E-state index contributed by atoms with van der Waals surface area (Å²) in [6, 6.07) is 6.27. The van der Waals surface area contributed by atoms with Gasteiger partial charge < -0.3 is 0 Å². The van der Waals surface area contributed by atoms with Gasteiger partial charge in [0.15, 0.2) is 12.4 Å². The fraction of sp³-hybridized carbons (Fsp3) is 0.615. The maximum atomic E-state index is 2.53. The Hall–Kier alpha value is -0.120. The van der Waals surface area contributed by atoms with Gasteiger partial charge in [-0.1, -0.05) is 38.7 Å². The van der Waals surface area contributed by atoms with Crippen molar-refractivity contribution in [2.24, 2.45) is 0 Å². The first kappa shape index (κ1) is 12.9. The van der Waals surface area contributed by atoms with Crippen molar-refractivity contribution in [3.63, 3.8) is 0 Å². The third-order valence-corrected chi connectivity index (χ3v) is 3.87. The van der Waals surface area contributed by atoms with Gasteiger partial charge in [-0.05, 0) is 29.0 Å². The summed E-state index contributed by atoms with van der Waals surface area (Å²) in [5.41, 5.74) is 0. The predicted octanol–water partition coefficient (Wildman–Crippen LogP) is 4.27. The van der Waals surface area contributed by atoms with E-state index in [9.17, 15) is 0 Å². The molecular weight excluding hydrogens is 297 g/mol. The lowest BCUT2D eigenvalue weighted by Gasteiger charge is -2.04. The number of hydrogen-bond acceptors (Lipinski definition) is 0. The summed E-state index contributed by atoms with van der Waals surface area (Å²) in [7, 11) is 0. The van der Waals surface area contributed by atoms with Gasteiger partial charge in [-0.15, -0.1) is 0 Å². The number of nitrogens with zero attached hydrogens (tertiary/aromatic N) is 1.